The van der Waals surface area contributed by atoms with Gasteiger partial charge in [-0.05, 0) is 41.9 Å². The molecule has 0 fully saturated rings. The molecule has 1 radical (unpaired) electrons. The molecule has 0 aliphatic rings. The lowest BCUT2D eigenvalue weighted by molar-refractivity contribution is 0.442. The second-order valence-corrected chi connectivity index (χ2v) is 17.1. The third-order valence-corrected chi connectivity index (χ3v) is 11.2. The number of hydrogen-bond donors (Lipinski definition) is 1. The third kappa shape index (κ3) is 25.6. The molecule has 0 heterocycles. The fraction of sp³-hybridized carbons (Fsp3) is 0.854. The van der Waals surface area contributed by atoms with Crippen molar-refractivity contribution in [3.8, 4) is 5.75 Å². The summed E-state index contributed by atoms with van der Waals surface area (Å²) in [5.74, 6) is 2.14. The van der Waals surface area contributed by atoms with Crippen molar-refractivity contribution in [3.05, 3.63) is 34.7 Å². The topological polar surface area (TPSA) is 20.2 Å². The number of phenols is 1. The van der Waals surface area contributed by atoms with Crippen molar-refractivity contribution in [2.45, 2.75) is 265 Å². The zero-order valence-electron chi connectivity index (χ0n) is 34.6. The molecule has 0 unspecified atom stereocenters. The summed E-state index contributed by atoms with van der Waals surface area (Å²) in [7, 11) is 0. The number of hydrogen-bond acceptors (Lipinski definition) is 1. The monoisotopic (exact) mass is 682 g/mol. The van der Waals surface area contributed by atoms with Crippen molar-refractivity contribution in [2.24, 2.45) is 0 Å². The summed E-state index contributed by atoms with van der Waals surface area (Å²) in [5.41, 5.74) is 3.51. The van der Waals surface area contributed by atoms with Crippen LogP contribution in [0.5, 0.6) is 5.75 Å². The predicted molar refractivity (Wildman–Crippen MR) is 222 cm³/mol. The van der Waals surface area contributed by atoms with E-state index in [1.807, 2.05) is 0 Å². The van der Waals surface area contributed by atoms with Crippen molar-refractivity contribution in [1.82, 2.24) is 0 Å². The van der Waals surface area contributed by atoms with E-state index in [-0.39, 0.29) is 5.41 Å². The minimum atomic E-state index is -0.0432. The highest BCUT2D eigenvalue weighted by molar-refractivity contribution is 5.49. The summed E-state index contributed by atoms with van der Waals surface area (Å²) in [4.78, 5) is 0. The summed E-state index contributed by atoms with van der Waals surface area (Å²) in [6.07, 6.45) is 48.0. The lowest BCUT2D eigenvalue weighted by Gasteiger charge is -2.25. The van der Waals surface area contributed by atoms with Crippen LogP contribution in [0.2, 0.25) is 0 Å². The number of phenolic OH excluding ortho intramolecular Hbond substituents is 1. The van der Waals surface area contributed by atoms with Crippen LogP contribution < -0.4 is 0 Å². The van der Waals surface area contributed by atoms with Crippen LogP contribution >= 0.6 is 0 Å². The van der Waals surface area contributed by atoms with E-state index < -0.39 is 0 Å². The van der Waals surface area contributed by atoms with Crippen LogP contribution in [0.15, 0.2) is 12.1 Å². The Morgan fingerprint density at radius 3 is 0.959 bits per heavy atom. The number of unbranched alkanes of at least 4 members (excludes halogenated alkanes) is 30. The molecule has 0 atom stereocenters. The molecule has 1 nitrogen and oxygen atoms in total. The van der Waals surface area contributed by atoms with Gasteiger partial charge in [0.1, 0.15) is 5.75 Å². The van der Waals surface area contributed by atoms with E-state index in [0.717, 1.165) is 11.1 Å². The van der Waals surface area contributed by atoms with Crippen LogP contribution in [-0.2, 0) is 5.41 Å². The Balaban J connectivity index is 2.29. The summed E-state index contributed by atoms with van der Waals surface area (Å²) in [6, 6.07) is 4.61. The Kier molecular flexibility index (Phi) is 29.8. The van der Waals surface area contributed by atoms with Crippen molar-refractivity contribution >= 4 is 0 Å². The van der Waals surface area contributed by atoms with Crippen LogP contribution in [0, 0.1) is 12.8 Å². The maximum atomic E-state index is 10.9. The van der Waals surface area contributed by atoms with Gasteiger partial charge in [-0.2, -0.15) is 0 Å². The van der Waals surface area contributed by atoms with Gasteiger partial charge in [-0.1, -0.05) is 252 Å². The molecule has 1 N–H and O–H groups in total. The molecule has 287 valence electrons. The van der Waals surface area contributed by atoms with Crippen molar-refractivity contribution in [3.63, 3.8) is 0 Å². The van der Waals surface area contributed by atoms with E-state index >= 15 is 0 Å². The van der Waals surface area contributed by atoms with Crippen LogP contribution in [0.3, 0.4) is 0 Å². The number of aromatic hydroxyl groups is 1. The first kappa shape index (κ1) is 46.0. The Labute approximate surface area is 310 Å². The van der Waals surface area contributed by atoms with Gasteiger partial charge in [0.2, 0.25) is 0 Å². The molecule has 1 heteroatoms. The average molecular weight is 682 g/mol. The Morgan fingerprint density at radius 1 is 0.429 bits per heavy atom. The average Bonchev–Trinajstić information content (AvgIpc) is 3.07. The summed E-state index contributed by atoms with van der Waals surface area (Å²) in [5, 5.41) is 10.9. The maximum Gasteiger partial charge on any atom is 0.122 e. The van der Waals surface area contributed by atoms with E-state index in [1.165, 1.54) is 224 Å². The van der Waals surface area contributed by atoms with E-state index in [2.05, 4.69) is 53.7 Å². The number of benzene rings is 1. The number of aryl methyl sites for hydroxylation is 1. The third-order valence-electron chi connectivity index (χ3n) is 11.2. The largest absolute Gasteiger partial charge is 0.507 e. The first-order valence-electron chi connectivity index (χ1n) is 22.5. The van der Waals surface area contributed by atoms with Crippen LogP contribution in [-0.4, -0.2) is 5.11 Å². The molecule has 0 aromatic heterocycles. The summed E-state index contributed by atoms with van der Waals surface area (Å²) in [6.45, 7) is 13.4. The van der Waals surface area contributed by atoms with Gasteiger partial charge in [0.05, 0.1) is 0 Å². The molecule has 1 aromatic carbocycles. The molecule has 0 aliphatic heterocycles. The molecule has 0 bridgehead atoms. The molecule has 49 heavy (non-hydrogen) atoms. The van der Waals surface area contributed by atoms with Gasteiger partial charge in [0.25, 0.3) is 0 Å². The zero-order valence-corrected chi connectivity index (χ0v) is 34.6. The van der Waals surface area contributed by atoms with Gasteiger partial charge in [0, 0.05) is 5.92 Å². The smallest absolute Gasteiger partial charge is 0.122 e. The normalized spacial score (nSPS) is 12.1. The van der Waals surface area contributed by atoms with Gasteiger partial charge >= 0.3 is 0 Å². The SMILES string of the molecule is CCCCCCCCCCCCCCCCCC[C](CCCCCCCCCCCCCCCCCC)c1cc(C)c(O)c(C(C)(C)C)c1. The standard InChI is InChI=1S/C48H89O/c1-7-9-11-13-15-17-19-21-23-25-27-29-31-33-35-37-39-44(45-41-43(3)47(49)46(42-45)48(4,5)6)40-38-36-34-32-30-28-26-24-22-20-18-16-14-12-10-8-2/h41-42,49H,7-40H2,1-6H3. The molecule has 1 rings (SSSR count). The Hall–Kier alpha value is -0.980. The molecular formula is C48H89O. The van der Waals surface area contributed by atoms with Gasteiger partial charge in [0.15, 0.2) is 0 Å². The van der Waals surface area contributed by atoms with Crippen molar-refractivity contribution < 1.29 is 5.11 Å². The van der Waals surface area contributed by atoms with E-state index in [1.54, 1.807) is 5.92 Å². The second-order valence-electron chi connectivity index (χ2n) is 17.1. The fourth-order valence-electron chi connectivity index (χ4n) is 7.74. The minimum Gasteiger partial charge on any atom is -0.507 e. The number of rotatable bonds is 35. The first-order chi connectivity index (χ1) is 23.8. The Morgan fingerprint density at radius 2 is 0.694 bits per heavy atom. The highest BCUT2D eigenvalue weighted by Gasteiger charge is 2.23. The maximum absolute atomic E-state index is 10.9. The molecular weight excluding hydrogens is 593 g/mol. The molecule has 0 aliphatic carbocycles. The molecule has 0 saturated heterocycles. The second kappa shape index (κ2) is 31.7. The lowest BCUT2D eigenvalue weighted by Crippen LogP contribution is -2.13. The van der Waals surface area contributed by atoms with Gasteiger partial charge in [-0.25, -0.2) is 0 Å². The molecule has 0 saturated carbocycles. The van der Waals surface area contributed by atoms with Crippen LogP contribution in [0.4, 0.5) is 0 Å². The van der Waals surface area contributed by atoms with Gasteiger partial charge in [-0.3, -0.25) is 0 Å². The van der Waals surface area contributed by atoms with Crippen LogP contribution in [0.1, 0.15) is 270 Å². The quantitative estimate of drug-likeness (QED) is 0.0707. The highest BCUT2D eigenvalue weighted by Crippen LogP contribution is 2.38. The minimum absolute atomic E-state index is 0.0432. The zero-order chi connectivity index (χ0) is 35.8. The van der Waals surface area contributed by atoms with Crippen molar-refractivity contribution in [1.29, 1.82) is 0 Å². The van der Waals surface area contributed by atoms with Gasteiger partial charge < -0.3 is 5.11 Å². The van der Waals surface area contributed by atoms with E-state index in [9.17, 15) is 5.11 Å². The predicted octanol–water partition coefficient (Wildman–Crippen LogP) is 17.2. The highest BCUT2D eigenvalue weighted by atomic mass is 16.3. The van der Waals surface area contributed by atoms with E-state index in [4.69, 9.17) is 0 Å². The van der Waals surface area contributed by atoms with Crippen LogP contribution in [0.25, 0.3) is 0 Å². The van der Waals surface area contributed by atoms with Gasteiger partial charge in [-0.15, -0.1) is 0 Å². The fourth-order valence-corrected chi connectivity index (χ4v) is 7.74. The molecule has 1 aromatic rings. The van der Waals surface area contributed by atoms with Crippen molar-refractivity contribution in [2.75, 3.05) is 0 Å². The van der Waals surface area contributed by atoms with E-state index in [0.29, 0.717) is 5.75 Å². The lowest BCUT2D eigenvalue weighted by atomic mass is 9.80. The molecule has 0 amide bonds. The summed E-state index contributed by atoms with van der Waals surface area (Å²) >= 11 is 0. The Bertz CT molecular complexity index is 811. The first-order valence-corrected chi connectivity index (χ1v) is 22.5. The molecule has 0 spiro atoms. The summed E-state index contributed by atoms with van der Waals surface area (Å²) < 4.78 is 0.